The molecule has 0 N–H and O–H groups in total. The summed E-state index contributed by atoms with van der Waals surface area (Å²) in [5.74, 6) is -0.273. The van der Waals surface area contributed by atoms with Crippen molar-refractivity contribution in [1.29, 1.82) is 0 Å². The Labute approximate surface area is 190 Å². The number of carbonyl (C=O) groups excluding carboxylic acids is 1. The van der Waals surface area contributed by atoms with E-state index in [4.69, 9.17) is 0 Å². The predicted octanol–water partition coefficient (Wildman–Crippen LogP) is 4.06. The Morgan fingerprint density at radius 3 is 2.68 bits per heavy atom. The molecule has 0 unspecified atom stereocenters. The van der Waals surface area contributed by atoms with Gasteiger partial charge in [0.2, 0.25) is 0 Å². The molecule has 0 saturated heterocycles. The van der Waals surface area contributed by atoms with Gasteiger partial charge in [0, 0.05) is 37.3 Å². The predicted molar refractivity (Wildman–Crippen MR) is 125 cm³/mol. The number of aryl methyl sites for hydroxylation is 1. The van der Waals surface area contributed by atoms with Gasteiger partial charge in [-0.2, -0.15) is 0 Å². The van der Waals surface area contributed by atoms with E-state index in [0.717, 1.165) is 16.5 Å². The number of thiazole rings is 1. The SMILES string of the molecule is CS(=O)(=O)c1cccc(C(=O)N(CCCn2ccnc2)c2nc3ccccc3s2)c1.Cl. The zero-order valence-corrected chi connectivity index (χ0v) is 19.2. The molecule has 0 atom stereocenters. The quantitative estimate of drug-likeness (QED) is 0.401. The Morgan fingerprint density at radius 1 is 1.16 bits per heavy atom. The minimum atomic E-state index is -3.41. The highest BCUT2D eigenvalue weighted by Gasteiger charge is 2.22. The number of rotatable bonds is 7. The van der Waals surface area contributed by atoms with Crippen LogP contribution in [0.3, 0.4) is 0 Å². The van der Waals surface area contributed by atoms with E-state index >= 15 is 0 Å². The molecule has 0 aliphatic heterocycles. The fourth-order valence-corrected chi connectivity index (χ4v) is 4.76. The number of carbonyl (C=O) groups is 1. The zero-order chi connectivity index (χ0) is 21.1. The monoisotopic (exact) mass is 476 g/mol. The highest BCUT2D eigenvalue weighted by molar-refractivity contribution is 7.90. The number of imidazole rings is 1. The molecule has 7 nitrogen and oxygen atoms in total. The summed E-state index contributed by atoms with van der Waals surface area (Å²) in [5, 5.41) is 0.594. The molecule has 4 rings (SSSR count). The number of benzene rings is 2. The lowest BCUT2D eigenvalue weighted by atomic mass is 10.2. The summed E-state index contributed by atoms with van der Waals surface area (Å²) in [6.07, 6.45) is 7.16. The van der Waals surface area contributed by atoms with Crippen LogP contribution < -0.4 is 4.90 Å². The molecule has 0 fully saturated rings. The highest BCUT2D eigenvalue weighted by atomic mass is 35.5. The van der Waals surface area contributed by atoms with E-state index in [0.29, 0.717) is 30.2 Å². The Bertz CT molecular complexity index is 1250. The molecule has 31 heavy (non-hydrogen) atoms. The van der Waals surface area contributed by atoms with Crippen LogP contribution in [-0.2, 0) is 16.4 Å². The van der Waals surface area contributed by atoms with Crippen LogP contribution >= 0.6 is 23.7 Å². The molecular formula is C21H21ClN4O3S2. The van der Waals surface area contributed by atoms with Gasteiger partial charge >= 0.3 is 0 Å². The fraction of sp³-hybridized carbons (Fsp3) is 0.190. The van der Waals surface area contributed by atoms with Gasteiger partial charge in [-0.3, -0.25) is 9.69 Å². The summed E-state index contributed by atoms with van der Waals surface area (Å²) in [7, 11) is -3.41. The van der Waals surface area contributed by atoms with E-state index in [1.54, 1.807) is 29.6 Å². The summed E-state index contributed by atoms with van der Waals surface area (Å²) in [6, 6.07) is 13.9. The van der Waals surface area contributed by atoms with Gasteiger partial charge < -0.3 is 4.57 Å². The molecular weight excluding hydrogens is 456 g/mol. The second kappa shape index (κ2) is 9.59. The molecule has 162 valence electrons. The molecule has 2 heterocycles. The van der Waals surface area contributed by atoms with Gasteiger partial charge in [0.15, 0.2) is 15.0 Å². The topological polar surface area (TPSA) is 85.2 Å². The molecule has 4 aromatic rings. The van der Waals surface area contributed by atoms with Gasteiger partial charge in [-0.05, 0) is 36.8 Å². The van der Waals surface area contributed by atoms with E-state index in [-0.39, 0.29) is 23.2 Å². The van der Waals surface area contributed by atoms with E-state index in [1.165, 1.54) is 23.5 Å². The summed E-state index contributed by atoms with van der Waals surface area (Å²) in [6.45, 7) is 1.15. The van der Waals surface area contributed by atoms with Crippen LogP contribution in [-0.4, -0.2) is 41.7 Å². The second-order valence-electron chi connectivity index (χ2n) is 6.88. The molecule has 0 radical (unpaired) electrons. The van der Waals surface area contributed by atoms with E-state index < -0.39 is 9.84 Å². The molecule has 2 aromatic carbocycles. The first-order valence-corrected chi connectivity index (χ1v) is 12.1. The normalized spacial score (nSPS) is 11.3. The lowest BCUT2D eigenvalue weighted by Crippen LogP contribution is -2.32. The first-order chi connectivity index (χ1) is 14.4. The summed E-state index contributed by atoms with van der Waals surface area (Å²) < 4.78 is 26.8. The van der Waals surface area contributed by atoms with Gasteiger partial charge in [0.1, 0.15) is 0 Å². The van der Waals surface area contributed by atoms with Crippen LogP contribution in [0, 0.1) is 0 Å². The Kier molecular flexibility index (Phi) is 7.09. The third-order valence-electron chi connectivity index (χ3n) is 4.63. The van der Waals surface area contributed by atoms with Crippen molar-refractivity contribution < 1.29 is 13.2 Å². The summed E-state index contributed by atoms with van der Waals surface area (Å²) >= 11 is 1.44. The van der Waals surface area contributed by atoms with Crippen molar-refractivity contribution in [2.24, 2.45) is 0 Å². The number of aromatic nitrogens is 3. The standard InChI is InChI=1S/C21H20N4O3S2.ClH/c1-30(27,28)17-7-4-6-16(14-17)20(26)25(12-5-11-24-13-10-22-15-24)21-23-18-8-2-3-9-19(18)29-21;/h2-4,6-10,13-15H,5,11-12H2,1H3;1H. The van der Waals surface area contributed by atoms with Crippen LogP contribution in [0.25, 0.3) is 10.2 Å². The van der Waals surface area contributed by atoms with E-state index in [1.807, 2.05) is 35.0 Å². The Balaban J connectivity index is 0.00000272. The fourth-order valence-electron chi connectivity index (χ4n) is 3.11. The number of nitrogens with zero attached hydrogens (tertiary/aromatic N) is 4. The number of para-hydroxylation sites is 1. The molecule has 0 spiro atoms. The van der Waals surface area contributed by atoms with Gasteiger partial charge in [-0.25, -0.2) is 18.4 Å². The number of fused-ring (bicyclic) bond motifs is 1. The third-order valence-corrected chi connectivity index (χ3v) is 6.79. The van der Waals surface area contributed by atoms with Crippen molar-refractivity contribution in [3.63, 3.8) is 0 Å². The third kappa shape index (κ3) is 5.30. The van der Waals surface area contributed by atoms with E-state index in [2.05, 4.69) is 9.97 Å². The lowest BCUT2D eigenvalue weighted by molar-refractivity contribution is 0.0986. The van der Waals surface area contributed by atoms with Crippen LogP contribution in [0.5, 0.6) is 0 Å². The minimum Gasteiger partial charge on any atom is -0.337 e. The van der Waals surface area contributed by atoms with Gasteiger partial charge in [0.05, 0.1) is 21.4 Å². The smallest absolute Gasteiger partial charge is 0.260 e. The molecule has 2 aromatic heterocycles. The van der Waals surface area contributed by atoms with Crippen LogP contribution in [0.2, 0.25) is 0 Å². The largest absolute Gasteiger partial charge is 0.337 e. The average Bonchev–Trinajstić information content (AvgIpc) is 3.39. The molecule has 0 aliphatic carbocycles. The summed E-state index contributed by atoms with van der Waals surface area (Å²) in [4.78, 5) is 23.8. The van der Waals surface area contributed by atoms with Gasteiger partial charge in [0.25, 0.3) is 5.91 Å². The first-order valence-electron chi connectivity index (χ1n) is 9.35. The number of amides is 1. The van der Waals surface area contributed by atoms with Crippen molar-refractivity contribution in [2.45, 2.75) is 17.9 Å². The molecule has 1 amide bonds. The Hall–Kier alpha value is -2.75. The van der Waals surface area contributed by atoms with Crippen LogP contribution in [0.1, 0.15) is 16.8 Å². The molecule has 0 aliphatic rings. The van der Waals surface area contributed by atoms with Crippen molar-refractivity contribution in [2.75, 3.05) is 17.7 Å². The zero-order valence-electron chi connectivity index (χ0n) is 16.7. The van der Waals surface area contributed by atoms with Gasteiger partial charge in [-0.1, -0.05) is 29.5 Å². The lowest BCUT2D eigenvalue weighted by Gasteiger charge is -2.20. The van der Waals surface area contributed by atoms with Crippen LogP contribution in [0.15, 0.2) is 72.1 Å². The van der Waals surface area contributed by atoms with Crippen molar-refractivity contribution in [1.82, 2.24) is 14.5 Å². The van der Waals surface area contributed by atoms with Crippen molar-refractivity contribution >= 4 is 54.8 Å². The highest BCUT2D eigenvalue weighted by Crippen LogP contribution is 2.30. The Morgan fingerprint density at radius 2 is 1.97 bits per heavy atom. The van der Waals surface area contributed by atoms with E-state index in [9.17, 15) is 13.2 Å². The van der Waals surface area contributed by atoms with Crippen molar-refractivity contribution in [3.8, 4) is 0 Å². The maximum absolute atomic E-state index is 13.4. The molecule has 0 bridgehead atoms. The second-order valence-corrected chi connectivity index (χ2v) is 9.90. The maximum atomic E-state index is 13.4. The number of halogens is 1. The van der Waals surface area contributed by atoms with Crippen LogP contribution in [0.4, 0.5) is 5.13 Å². The summed E-state index contributed by atoms with van der Waals surface area (Å²) in [5.41, 5.74) is 1.15. The number of sulfone groups is 1. The maximum Gasteiger partial charge on any atom is 0.260 e. The molecule has 10 heteroatoms. The van der Waals surface area contributed by atoms with Gasteiger partial charge in [-0.15, -0.1) is 12.4 Å². The van der Waals surface area contributed by atoms with Crippen molar-refractivity contribution in [3.05, 3.63) is 72.8 Å². The number of hydrogen-bond acceptors (Lipinski definition) is 6. The first kappa shape index (κ1) is 22.9. The number of hydrogen-bond donors (Lipinski definition) is 0. The molecule has 0 saturated carbocycles. The minimum absolute atomic E-state index is 0. The average molecular weight is 477 g/mol. The number of anilines is 1.